The zero-order chi connectivity index (χ0) is 14.7. The molecular formula is C16H13FN2OS. The summed E-state index contributed by atoms with van der Waals surface area (Å²) < 4.78 is 18.5. The van der Waals surface area contributed by atoms with Gasteiger partial charge in [-0.25, -0.2) is 9.37 Å². The van der Waals surface area contributed by atoms with Crippen LogP contribution < -0.4 is 5.73 Å². The highest BCUT2D eigenvalue weighted by molar-refractivity contribution is 7.98. The minimum Gasteiger partial charge on any atom is -0.444 e. The van der Waals surface area contributed by atoms with Crippen molar-refractivity contribution in [2.75, 3.05) is 5.73 Å². The van der Waals surface area contributed by atoms with Crippen LogP contribution in [0, 0.1) is 5.82 Å². The summed E-state index contributed by atoms with van der Waals surface area (Å²) in [6.45, 7) is 0. The van der Waals surface area contributed by atoms with Gasteiger partial charge in [0.05, 0.1) is 5.69 Å². The normalized spacial score (nSPS) is 10.7. The number of halogens is 1. The monoisotopic (exact) mass is 300 g/mol. The lowest BCUT2D eigenvalue weighted by molar-refractivity contribution is 0.573. The molecule has 0 spiro atoms. The van der Waals surface area contributed by atoms with Gasteiger partial charge in [0.15, 0.2) is 0 Å². The van der Waals surface area contributed by atoms with E-state index < -0.39 is 0 Å². The van der Waals surface area contributed by atoms with Crippen molar-refractivity contribution >= 4 is 17.4 Å². The molecule has 5 heteroatoms. The third kappa shape index (κ3) is 3.25. The molecule has 0 aliphatic heterocycles. The molecular weight excluding hydrogens is 287 g/mol. The van der Waals surface area contributed by atoms with Crippen molar-refractivity contribution in [1.82, 2.24) is 4.98 Å². The summed E-state index contributed by atoms with van der Waals surface area (Å²) in [7, 11) is 0. The number of hydrogen-bond donors (Lipinski definition) is 1. The Labute approximate surface area is 126 Å². The Bertz CT molecular complexity index is 743. The van der Waals surface area contributed by atoms with Crippen LogP contribution in [0.3, 0.4) is 0 Å². The first-order chi connectivity index (χ1) is 10.2. The van der Waals surface area contributed by atoms with E-state index in [-0.39, 0.29) is 5.82 Å². The second-order valence-electron chi connectivity index (χ2n) is 4.48. The number of benzene rings is 2. The van der Waals surface area contributed by atoms with Crippen LogP contribution in [0.4, 0.5) is 10.1 Å². The molecule has 3 nitrogen and oxygen atoms in total. The average molecular weight is 300 g/mol. The van der Waals surface area contributed by atoms with Gasteiger partial charge in [0.2, 0.25) is 5.89 Å². The number of nitrogens with two attached hydrogens (primary N) is 1. The molecule has 0 radical (unpaired) electrons. The van der Waals surface area contributed by atoms with Gasteiger partial charge in [0.25, 0.3) is 0 Å². The van der Waals surface area contributed by atoms with Gasteiger partial charge < -0.3 is 10.2 Å². The molecule has 0 fully saturated rings. The molecule has 0 amide bonds. The molecule has 0 saturated carbocycles. The number of nitrogens with zero attached hydrogens (tertiary/aromatic N) is 1. The van der Waals surface area contributed by atoms with Crippen molar-refractivity contribution in [3.63, 3.8) is 0 Å². The van der Waals surface area contributed by atoms with E-state index in [0.717, 1.165) is 16.2 Å². The quantitative estimate of drug-likeness (QED) is 0.574. The second-order valence-corrected chi connectivity index (χ2v) is 5.50. The molecule has 2 N–H and O–H groups in total. The number of aromatic nitrogens is 1. The molecule has 3 rings (SSSR count). The summed E-state index contributed by atoms with van der Waals surface area (Å²) in [4.78, 5) is 5.27. The summed E-state index contributed by atoms with van der Waals surface area (Å²) in [5.41, 5.74) is 7.98. The van der Waals surface area contributed by atoms with Gasteiger partial charge in [-0.05, 0) is 30.3 Å². The topological polar surface area (TPSA) is 52.0 Å². The molecule has 106 valence electrons. The minimum absolute atomic E-state index is 0.329. The number of rotatable bonds is 4. The maximum absolute atomic E-state index is 13.0. The van der Waals surface area contributed by atoms with E-state index in [1.165, 1.54) is 23.9 Å². The Balaban J connectivity index is 1.70. The fourth-order valence-corrected chi connectivity index (χ4v) is 2.71. The van der Waals surface area contributed by atoms with E-state index in [9.17, 15) is 4.39 Å². The fraction of sp³-hybridized carbons (Fsp3) is 0.0625. The summed E-state index contributed by atoms with van der Waals surface area (Å²) in [6.07, 6.45) is 1.63. The van der Waals surface area contributed by atoms with E-state index in [2.05, 4.69) is 4.98 Å². The maximum Gasteiger partial charge on any atom is 0.226 e. The van der Waals surface area contributed by atoms with Gasteiger partial charge in [-0.15, -0.1) is 11.8 Å². The van der Waals surface area contributed by atoms with Crippen LogP contribution in [0.5, 0.6) is 0 Å². The minimum atomic E-state index is -0.329. The molecule has 0 atom stereocenters. The Morgan fingerprint density at radius 2 is 1.95 bits per heavy atom. The predicted molar refractivity (Wildman–Crippen MR) is 82.3 cm³/mol. The van der Waals surface area contributed by atoms with Crippen LogP contribution in [0.25, 0.3) is 11.5 Å². The number of hydrogen-bond acceptors (Lipinski definition) is 4. The number of thioether (sulfide) groups is 1. The first-order valence-electron chi connectivity index (χ1n) is 6.40. The van der Waals surface area contributed by atoms with Crippen molar-refractivity contribution in [2.24, 2.45) is 0 Å². The Kier molecular flexibility index (Phi) is 3.92. The molecule has 21 heavy (non-hydrogen) atoms. The van der Waals surface area contributed by atoms with Crippen LogP contribution in [0.15, 0.2) is 64.1 Å². The van der Waals surface area contributed by atoms with Gasteiger partial charge in [-0.3, -0.25) is 0 Å². The molecule has 1 aromatic heterocycles. The first kappa shape index (κ1) is 13.7. The number of oxazole rings is 1. The zero-order valence-electron chi connectivity index (χ0n) is 11.1. The van der Waals surface area contributed by atoms with Crippen LogP contribution in [0.2, 0.25) is 0 Å². The van der Waals surface area contributed by atoms with E-state index in [0.29, 0.717) is 17.3 Å². The Morgan fingerprint density at radius 1 is 1.14 bits per heavy atom. The molecule has 0 saturated heterocycles. The van der Waals surface area contributed by atoms with Crippen molar-refractivity contribution in [3.05, 3.63) is 66.3 Å². The average Bonchev–Trinajstić information content (AvgIpc) is 2.96. The summed E-state index contributed by atoms with van der Waals surface area (Å²) >= 11 is 1.50. The Morgan fingerprint density at radius 3 is 2.71 bits per heavy atom. The highest BCUT2D eigenvalue weighted by Gasteiger charge is 2.08. The zero-order valence-corrected chi connectivity index (χ0v) is 11.9. The van der Waals surface area contributed by atoms with E-state index in [1.54, 1.807) is 12.3 Å². The maximum atomic E-state index is 13.0. The first-order valence-corrected chi connectivity index (χ1v) is 7.38. The molecule has 0 unspecified atom stereocenters. The predicted octanol–water partition coefficient (Wildman–Crippen LogP) is 4.36. The standard InChI is InChI=1S/C16H13FN2OS/c17-12-6-7-15(14(18)8-12)21-10-13-9-20-16(19-13)11-4-2-1-3-5-11/h1-9H,10,18H2. The van der Waals surface area contributed by atoms with E-state index in [1.807, 2.05) is 30.3 Å². The summed E-state index contributed by atoms with van der Waals surface area (Å²) in [6, 6.07) is 14.1. The summed E-state index contributed by atoms with van der Waals surface area (Å²) in [5, 5.41) is 0. The fourth-order valence-electron chi connectivity index (χ4n) is 1.89. The lowest BCUT2D eigenvalue weighted by Crippen LogP contribution is -1.90. The van der Waals surface area contributed by atoms with Gasteiger partial charge in [-0.1, -0.05) is 18.2 Å². The lowest BCUT2D eigenvalue weighted by Gasteiger charge is -2.03. The molecule has 0 aliphatic rings. The Hall–Kier alpha value is -2.27. The van der Waals surface area contributed by atoms with Crippen molar-refractivity contribution < 1.29 is 8.81 Å². The van der Waals surface area contributed by atoms with Crippen LogP contribution in [-0.2, 0) is 5.75 Å². The van der Waals surface area contributed by atoms with Gasteiger partial charge in [0.1, 0.15) is 12.1 Å². The highest BCUT2D eigenvalue weighted by atomic mass is 32.2. The van der Waals surface area contributed by atoms with Crippen LogP contribution in [-0.4, -0.2) is 4.98 Å². The van der Waals surface area contributed by atoms with Crippen molar-refractivity contribution in [1.29, 1.82) is 0 Å². The van der Waals surface area contributed by atoms with Crippen molar-refractivity contribution in [2.45, 2.75) is 10.6 Å². The third-order valence-electron chi connectivity index (χ3n) is 2.92. The van der Waals surface area contributed by atoms with Crippen LogP contribution in [0.1, 0.15) is 5.69 Å². The molecule has 2 aromatic carbocycles. The lowest BCUT2D eigenvalue weighted by atomic mass is 10.2. The molecule has 3 aromatic rings. The van der Waals surface area contributed by atoms with E-state index >= 15 is 0 Å². The molecule has 0 aliphatic carbocycles. The van der Waals surface area contributed by atoms with Gasteiger partial charge in [0, 0.05) is 21.9 Å². The summed E-state index contributed by atoms with van der Waals surface area (Å²) in [5.74, 6) is 0.884. The molecule has 0 bridgehead atoms. The number of anilines is 1. The number of nitrogen functional groups attached to an aromatic ring is 1. The largest absolute Gasteiger partial charge is 0.444 e. The van der Waals surface area contributed by atoms with Gasteiger partial charge in [-0.2, -0.15) is 0 Å². The smallest absolute Gasteiger partial charge is 0.226 e. The second kappa shape index (κ2) is 6.01. The van der Waals surface area contributed by atoms with Crippen molar-refractivity contribution in [3.8, 4) is 11.5 Å². The van der Waals surface area contributed by atoms with Crippen LogP contribution >= 0.6 is 11.8 Å². The van der Waals surface area contributed by atoms with Gasteiger partial charge >= 0.3 is 0 Å². The van der Waals surface area contributed by atoms with E-state index in [4.69, 9.17) is 10.2 Å². The third-order valence-corrected chi connectivity index (χ3v) is 4.04. The highest BCUT2D eigenvalue weighted by Crippen LogP contribution is 2.29. The SMILES string of the molecule is Nc1cc(F)ccc1SCc1coc(-c2ccccc2)n1. The molecule has 1 heterocycles.